The molecule has 0 atom stereocenters. The molecule has 0 aliphatic carbocycles. The third-order valence-corrected chi connectivity index (χ3v) is 5.43. The SMILES string of the molecule is CCN1CCN(c2cc3c(cc2F)[n+]([O-])c(C#N)c(-c2ccccc2)[n+]3[O-])CC1. The van der Waals surface area contributed by atoms with Gasteiger partial charge in [-0.3, -0.25) is 0 Å². The molecular weight excluding hydrogens is 373 g/mol. The van der Waals surface area contributed by atoms with Gasteiger partial charge < -0.3 is 20.2 Å². The van der Waals surface area contributed by atoms with Crippen LogP contribution in [0.25, 0.3) is 22.3 Å². The second-order valence-electron chi connectivity index (χ2n) is 6.98. The average molecular weight is 393 g/mol. The van der Waals surface area contributed by atoms with Crippen molar-refractivity contribution in [3.8, 4) is 17.3 Å². The van der Waals surface area contributed by atoms with Crippen LogP contribution in [0.3, 0.4) is 0 Å². The van der Waals surface area contributed by atoms with Crippen LogP contribution in [0.1, 0.15) is 12.6 Å². The van der Waals surface area contributed by atoms with Crippen LogP contribution in [-0.4, -0.2) is 37.6 Å². The molecule has 0 amide bonds. The molecule has 0 unspecified atom stereocenters. The number of benzene rings is 2. The molecule has 4 rings (SSSR count). The number of nitrogens with zero attached hydrogens (tertiary/aromatic N) is 5. The summed E-state index contributed by atoms with van der Waals surface area (Å²) in [7, 11) is 0. The van der Waals surface area contributed by atoms with E-state index in [0.29, 0.717) is 33.8 Å². The summed E-state index contributed by atoms with van der Waals surface area (Å²) in [6.45, 7) is 5.88. The van der Waals surface area contributed by atoms with E-state index in [1.54, 1.807) is 36.4 Å². The normalized spacial score (nSPS) is 14.9. The molecule has 29 heavy (non-hydrogen) atoms. The highest BCUT2D eigenvalue weighted by Gasteiger charge is 2.31. The maximum Gasteiger partial charge on any atom is 0.369 e. The van der Waals surface area contributed by atoms with Crippen molar-refractivity contribution in [2.45, 2.75) is 6.92 Å². The van der Waals surface area contributed by atoms with Crippen molar-refractivity contribution in [3.63, 3.8) is 0 Å². The highest BCUT2D eigenvalue weighted by molar-refractivity contribution is 5.76. The van der Waals surface area contributed by atoms with E-state index >= 15 is 0 Å². The van der Waals surface area contributed by atoms with Gasteiger partial charge in [0.25, 0.3) is 11.0 Å². The van der Waals surface area contributed by atoms with Gasteiger partial charge in [-0.2, -0.15) is 9.99 Å². The molecule has 1 aromatic heterocycles. The fraction of sp³-hybridized carbons (Fsp3) is 0.286. The molecule has 1 aliphatic heterocycles. The number of nitriles is 1. The van der Waals surface area contributed by atoms with Crippen molar-refractivity contribution < 1.29 is 13.9 Å². The Labute approximate surface area is 167 Å². The molecule has 0 N–H and O–H groups in total. The summed E-state index contributed by atoms with van der Waals surface area (Å²) >= 11 is 0. The number of likely N-dealkylation sites (N-methyl/N-ethyl adjacent to an activating group) is 1. The highest BCUT2D eigenvalue weighted by atomic mass is 19.1. The van der Waals surface area contributed by atoms with Gasteiger partial charge in [-0.1, -0.05) is 25.1 Å². The Bertz CT molecular complexity index is 1110. The summed E-state index contributed by atoms with van der Waals surface area (Å²) in [6.07, 6.45) is 0. The predicted octanol–water partition coefficient (Wildman–Crippen LogP) is 1.93. The van der Waals surface area contributed by atoms with Crippen LogP contribution in [-0.2, 0) is 0 Å². The smallest absolute Gasteiger partial charge is 0.369 e. The van der Waals surface area contributed by atoms with Crippen molar-refractivity contribution in [1.29, 1.82) is 5.26 Å². The first-order chi connectivity index (χ1) is 14.0. The molecule has 0 saturated carbocycles. The van der Waals surface area contributed by atoms with Crippen molar-refractivity contribution in [2.75, 3.05) is 37.6 Å². The second-order valence-corrected chi connectivity index (χ2v) is 6.98. The zero-order valence-corrected chi connectivity index (χ0v) is 16.0. The van der Waals surface area contributed by atoms with Gasteiger partial charge in [0.15, 0.2) is 11.9 Å². The minimum absolute atomic E-state index is 0.0344. The topological polar surface area (TPSA) is 84.2 Å². The molecule has 2 heterocycles. The van der Waals surface area contributed by atoms with Gasteiger partial charge in [0, 0.05) is 32.2 Å². The standard InChI is InChI=1S/C21H20FN5O2/c1-2-24-8-10-25(11-9-24)17-13-19-18(12-16(17)22)26(28)20(14-23)21(27(19)29)15-6-4-3-5-7-15/h3-7,12-13H,2,8-11H2,1H3. The Morgan fingerprint density at radius 3 is 2.31 bits per heavy atom. The Morgan fingerprint density at radius 2 is 1.69 bits per heavy atom. The molecule has 8 heteroatoms. The molecule has 148 valence electrons. The Balaban J connectivity index is 1.90. The molecule has 1 fully saturated rings. The van der Waals surface area contributed by atoms with Gasteiger partial charge in [0.05, 0.1) is 17.3 Å². The summed E-state index contributed by atoms with van der Waals surface area (Å²) in [4.78, 5) is 4.15. The minimum Gasteiger partial charge on any atom is -0.617 e. The van der Waals surface area contributed by atoms with Crippen molar-refractivity contribution in [3.05, 3.63) is 64.4 Å². The maximum atomic E-state index is 14.9. The van der Waals surface area contributed by atoms with Gasteiger partial charge >= 0.3 is 11.4 Å². The lowest BCUT2D eigenvalue weighted by molar-refractivity contribution is -0.622. The first-order valence-corrected chi connectivity index (χ1v) is 9.50. The number of aromatic nitrogens is 2. The van der Waals surface area contributed by atoms with Gasteiger partial charge in [-0.05, 0) is 18.7 Å². The molecular formula is C21H20FN5O2. The summed E-state index contributed by atoms with van der Waals surface area (Å²) in [5, 5.41) is 35.4. The van der Waals surface area contributed by atoms with E-state index in [2.05, 4.69) is 11.8 Å². The third kappa shape index (κ3) is 3.19. The van der Waals surface area contributed by atoms with Crippen LogP contribution in [0.2, 0.25) is 0 Å². The summed E-state index contributed by atoms with van der Waals surface area (Å²) in [5.74, 6) is -0.580. The van der Waals surface area contributed by atoms with Crippen LogP contribution in [0, 0.1) is 27.6 Å². The monoisotopic (exact) mass is 393 g/mol. The van der Waals surface area contributed by atoms with E-state index in [9.17, 15) is 20.1 Å². The minimum atomic E-state index is -0.580. The van der Waals surface area contributed by atoms with Gasteiger partial charge in [0.2, 0.25) is 0 Å². The number of hydrogen-bond acceptors (Lipinski definition) is 5. The van der Waals surface area contributed by atoms with Crippen LogP contribution in [0.4, 0.5) is 10.1 Å². The van der Waals surface area contributed by atoms with E-state index in [4.69, 9.17) is 0 Å². The maximum absolute atomic E-state index is 14.9. The van der Waals surface area contributed by atoms with E-state index in [-0.39, 0.29) is 22.4 Å². The van der Waals surface area contributed by atoms with Crippen molar-refractivity contribution in [2.24, 2.45) is 0 Å². The number of piperazine rings is 1. The van der Waals surface area contributed by atoms with Crippen LogP contribution in [0.15, 0.2) is 42.5 Å². The van der Waals surface area contributed by atoms with Crippen molar-refractivity contribution >= 4 is 16.7 Å². The number of anilines is 1. The van der Waals surface area contributed by atoms with Crippen LogP contribution in [0.5, 0.6) is 0 Å². The Kier molecular flexibility index (Phi) is 4.91. The van der Waals surface area contributed by atoms with Crippen LogP contribution < -0.4 is 14.4 Å². The Hall–Kier alpha value is -3.44. The van der Waals surface area contributed by atoms with Crippen molar-refractivity contribution in [1.82, 2.24) is 4.90 Å². The lowest BCUT2D eigenvalue weighted by atomic mass is 10.1. The van der Waals surface area contributed by atoms with E-state index < -0.39 is 5.82 Å². The molecule has 7 nitrogen and oxygen atoms in total. The fourth-order valence-corrected chi connectivity index (χ4v) is 3.79. The molecule has 1 saturated heterocycles. The number of fused-ring (bicyclic) bond motifs is 1. The lowest BCUT2D eigenvalue weighted by Gasteiger charge is -2.35. The Morgan fingerprint density at radius 1 is 1.03 bits per heavy atom. The van der Waals surface area contributed by atoms with Gasteiger partial charge in [-0.25, -0.2) is 4.39 Å². The third-order valence-electron chi connectivity index (χ3n) is 5.43. The summed E-state index contributed by atoms with van der Waals surface area (Å²) in [5.41, 5.74) is 0.220. The van der Waals surface area contributed by atoms with Crippen LogP contribution >= 0.6 is 0 Å². The molecule has 0 spiro atoms. The first-order valence-electron chi connectivity index (χ1n) is 9.50. The van der Waals surface area contributed by atoms with E-state index in [1.807, 2.05) is 4.90 Å². The first kappa shape index (κ1) is 18.9. The molecule has 0 radical (unpaired) electrons. The summed E-state index contributed by atoms with van der Waals surface area (Å²) < 4.78 is 15.8. The summed E-state index contributed by atoms with van der Waals surface area (Å²) in [6, 6.07) is 12.8. The molecule has 3 aromatic rings. The quantitative estimate of drug-likeness (QED) is 0.501. The molecule has 1 aliphatic rings. The second kappa shape index (κ2) is 7.53. The highest BCUT2D eigenvalue weighted by Crippen LogP contribution is 2.27. The number of hydrogen-bond donors (Lipinski definition) is 0. The predicted molar refractivity (Wildman–Crippen MR) is 106 cm³/mol. The zero-order valence-electron chi connectivity index (χ0n) is 16.0. The largest absolute Gasteiger partial charge is 0.617 e. The number of rotatable bonds is 3. The average Bonchev–Trinajstić information content (AvgIpc) is 2.76. The fourth-order valence-electron chi connectivity index (χ4n) is 3.79. The number of halogens is 1. The van der Waals surface area contributed by atoms with Gasteiger partial charge in [0.1, 0.15) is 0 Å². The van der Waals surface area contributed by atoms with E-state index in [0.717, 1.165) is 25.7 Å². The molecule has 2 aromatic carbocycles. The lowest BCUT2D eigenvalue weighted by Crippen LogP contribution is -2.47. The van der Waals surface area contributed by atoms with E-state index in [1.165, 1.54) is 6.07 Å². The zero-order chi connectivity index (χ0) is 20.5. The van der Waals surface area contributed by atoms with Gasteiger partial charge in [-0.15, -0.1) is 4.73 Å². The molecule has 0 bridgehead atoms.